The van der Waals surface area contributed by atoms with Gasteiger partial charge in [0.1, 0.15) is 5.84 Å². The number of aromatic nitrogens is 3. The van der Waals surface area contributed by atoms with E-state index in [0.717, 1.165) is 40.1 Å². The van der Waals surface area contributed by atoms with Gasteiger partial charge in [0.2, 0.25) is 0 Å². The number of nitrogens with one attached hydrogen (secondary N) is 2. The molecule has 0 saturated heterocycles. The van der Waals surface area contributed by atoms with E-state index >= 15 is 0 Å². The maximum Gasteiger partial charge on any atom is 0.140 e. The Morgan fingerprint density at radius 2 is 2.12 bits per heavy atom. The lowest BCUT2D eigenvalue weighted by molar-refractivity contribution is 0.412. The summed E-state index contributed by atoms with van der Waals surface area (Å²) in [7, 11) is 0. The molecule has 0 radical (unpaired) electrons. The third kappa shape index (κ3) is 3.90. The Morgan fingerprint density at radius 3 is 2.75 bits per heavy atom. The predicted octanol–water partition coefficient (Wildman–Crippen LogP) is 3.96. The second-order valence-electron chi connectivity index (χ2n) is 8.79. The maximum atomic E-state index is 5.99. The van der Waals surface area contributed by atoms with Gasteiger partial charge in [0, 0.05) is 29.4 Å². The van der Waals surface area contributed by atoms with Crippen molar-refractivity contribution in [1.29, 1.82) is 0 Å². The fourth-order valence-corrected chi connectivity index (χ4v) is 4.72. The van der Waals surface area contributed by atoms with Crippen LogP contribution in [0.2, 0.25) is 0 Å². The molecule has 32 heavy (non-hydrogen) atoms. The average molecular weight is 435 g/mol. The van der Waals surface area contributed by atoms with Gasteiger partial charge in [-0.2, -0.15) is 5.10 Å². The molecule has 3 heterocycles. The van der Waals surface area contributed by atoms with Crippen LogP contribution >= 0.6 is 0 Å². The van der Waals surface area contributed by atoms with E-state index < -0.39 is 0 Å². The zero-order valence-corrected chi connectivity index (χ0v) is 19.4. The first-order chi connectivity index (χ1) is 15.5. The number of hydrazone groups is 1. The first kappa shape index (κ1) is 22.1. The molecule has 3 aromatic heterocycles. The lowest BCUT2D eigenvalue weighted by Crippen LogP contribution is -2.28. The number of hydrazine groups is 1. The molecular weight excluding hydrogens is 400 g/mol. The second-order valence-corrected chi connectivity index (χ2v) is 8.79. The minimum Gasteiger partial charge on any atom is -0.384 e. The Balaban J connectivity index is 1.93. The molecule has 0 spiro atoms. The zero-order chi connectivity index (χ0) is 22.8. The third-order valence-electron chi connectivity index (χ3n) is 6.44. The normalized spacial score (nSPS) is 14.8. The number of nitrogens with zero attached hydrogens (tertiary/aromatic N) is 4. The molecule has 4 rings (SSSR count). The van der Waals surface area contributed by atoms with E-state index in [9.17, 15) is 0 Å². The van der Waals surface area contributed by atoms with E-state index in [0.29, 0.717) is 24.3 Å². The highest BCUT2D eigenvalue weighted by Gasteiger charge is 2.26. The Kier molecular flexibility index (Phi) is 6.32. The summed E-state index contributed by atoms with van der Waals surface area (Å²) in [6.45, 7) is 9.15. The van der Waals surface area contributed by atoms with Crippen LogP contribution in [0.15, 0.2) is 29.5 Å². The number of amidine groups is 1. The number of pyridine rings is 2. The number of hydrogen-bond acceptors (Lipinski definition) is 6. The summed E-state index contributed by atoms with van der Waals surface area (Å²) in [5, 5.41) is 7.37. The molecule has 0 atom stereocenters. The van der Waals surface area contributed by atoms with Crippen LogP contribution in [0.5, 0.6) is 0 Å². The molecule has 8 heteroatoms. The number of fused-ring (bicyclic) bond motifs is 1. The average Bonchev–Trinajstić information content (AvgIpc) is 3.03. The standard InChI is InChI=1S/C24H34N8/c1-5-20-15(4)22-24(32(20)14(2)3)19(28-13-21(25)30-31-26)12-18(29-22)17-10-7-11-27-23(17)16-8-6-9-16/h7,10-12,14,16,31H,5-6,8-9,13,26H2,1-4H3,(H2,25,30)(H,28,29). The van der Waals surface area contributed by atoms with Crippen LogP contribution in [-0.2, 0) is 6.42 Å². The number of anilines is 1. The van der Waals surface area contributed by atoms with Crippen molar-refractivity contribution in [2.75, 3.05) is 11.9 Å². The van der Waals surface area contributed by atoms with Gasteiger partial charge in [-0.05, 0) is 63.8 Å². The van der Waals surface area contributed by atoms with E-state index in [2.05, 4.69) is 60.3 Å². The van der Waals surface area contributed by atoms with Crippen LogP contribution in [0.4, 0.5) is 5.69 Å². The van der Waals surface area contributed by atoms with Crippen molar-refractivity contribution in [3.8, 4) is 11.3 Å². The van der Waals surface area contributed by atoms with Crippen LogP contribution in [0.25, 0.3) is 22.3 Å². The van der Waals surface area contributed by atoms with E-state index in [-0.39, 0.29) is 0 Å². The van der Waals surface area contributed by atoms with Crippen LogP contribution in [0, 0.1) is 6.92 Å². The Labute approximate surface area is 189 Å². The Morgan fingerprint density at radius 1 is 1.34 bits per heavy atom. The highest BCUT2D eigenvalue weighted by atomic mass is 15.5. The Hall–Kier alpha value is -3.13. The summed E-state index contributed by atoms with van der Waals surface area (Å²) in [6.07, 6.45) is 6.49. The summed E-state index contributed by atoms with van der Waals surface area (Å²) in [4.78, 5) is 9.94. The van der Waals surface area contributed by atoms with Gasteiger partial charge >= 0.3 is 0 Å². The molecule has 1 aliphatic rings. The van der Waals surface area contributed by atoms with Gasteiger partial charge in [-0.25, -0.2) is 16.4 Å². The van der Waals surface area contributed by atoms with Crippen molar-refractivity contribution in [1.82, 2.24) is 20.1 Å². The fraction of sp³-hybridized carbons (Fsp3) is 0.458. The van der Waals surface area contributed by atoms with E-state index in [1.54, 1.807) is 0 Å². The SMILES string of the molecule is CCc1c(C)c2nc(-c3cccnc3C3CCC3)cc(NC/C(N)=N/NN)c2n1C(C)C. The molecule has 1 saturated carbocycles. The molecule has 6 N–H and O–H groups in total. The van der Waals surface area contributed by atoms with Crippen molar-refractivity contribution in [2.24, 2.45) is 16.7 Å². The van der Waals surface area contributed by atoms with Crippen molar-refractivity contribution in [3.63, 3.8) is 0 Å². The molecule has 1 aliphatic carbocycles. The lowest BCUT2D eigenvalue weighted by Gasteiger charge is -2.26. The van der Waals surface area contributed by atoms with Gasteiger partial charge in [-0.15, -0.1) is 0 Å². The van der Waals surface area contributed by atoms with Crippen molar-refractivity contribution >= 4 is 22.6 Å². The first-order valence-corrected chi connectivity index (χ1v) is 11.5. The van der Waals surface area contributed by atoms with E-state index in [1.807, 2.05) is 12.3 Å². The van der Waals surface area contributed by atoms with E-state index in [1.165, 1.54) is 30.5 Å². The van der Waals surface area contributed by atoms with Crippen molar-refractivity contribution < 1.29 is 0 Å². The molecule has 3 aromatic rings. The van der Waals surface area contributed by atoms with Gasteiger partial charge in [-0.3, -0.25) is 4.98 Å². The molecule has 1 fully saturated rings. The molecule has 0 aliphatic heterocycles. The Bertz CT molecular complexity index is 1140. The molecule has 0 bridgehead atoms. The molecule has 0 unspecified atom stereocenters. The fourth-order valence-electron chi connectivity index (χ4n) is 4.72. The number of nitrogens with two attached hydrogens (primary N) is 2. The largest absolute Gasteiger partial charge is 0.384 e. The van der Waals surface area contributed by atoms with Crippen LogP contribution in [-0.4, -0.2) is 26.9 Å². The molecular formula is C24H34N8. The summed E-state index contributed by atoms with van der Waals surface area (Å²) in [5.41, 5.74) is 17.1. The smallest absolute Gasteiger partial charge is 0.140 e. The predicted molar refractivity (Wildman–Crippen MR) is 131 cm³/mol. The first-order valence-electron chi connectivity index (χ1n) is 11.5. The molecule has 170 valence electrons. The van der Waals surface area contributed by atoms with E-state index in [4.69, 9.17) is 21.5 Å². The second kappa shape index (κ2) is 9.16. The minimum atomic E-state index is 0.301. The van der Waals surface area contributed by atoms with Crippen molar-refractivity contribution in [3.05, 3.63) is 41.3 Å². The zero-order valence-electron chi connectivity index (χ0n) is 19.4. The van der Waals surface area contributed by atoms with Crippen molar-refractivity contribution in [2.45, 2.75) is 65.3 Å². The summed E-state index contributed by atoms with van der Waals surface area (Å²) < 4.78 is 2.38. The molecule has 8 nitrogen and oxygen atoms in total. The number of rotatable bonds is 8. The van der Waals surface area contributed by atoms with Gasteiger partial charge in [0.25, 0.3) is 0 Å². The minimum absolute atomic E-state index is 0.301. The van der Waals surface area contributed by atoms with Crippen LogP contribution < -0.4 is 22.4 Å². The quantitative estimate of drug-likeness (QED) is 0.184. The van der Waals surface area contributed by atoms with Crippen LogP contribution in [0.3, 0.4) is 0 Å². The van der Waals surface area contributed by atoms with Crippen LogP contribution in [0.1, 0.15) is 68.9 Å². The third-order valence-corrected chi connectivity index (χ3v) is 6.44. The monoisotopic (exact) mass is 434 g/mol. The van der Waals surface area contributed by atoms with Gasteiger partial charge in [-0.1, -0.05) is 13.3 Å². The highest BCUT2D eigenvalue weighted by Crippen LogP contribution is 2.41. The molecule has 0 amide bonds. The molecule has 0 aromatic carbocycles. The number of hydrogen-bond donors (Lipinski definition) is 4. The number of aryl methyl sites for hydroxylation is 1. The van der Waals surface area contributed by atoms with Gasteiger partial charge in [0.15, 0.2) is 0 Å². The maximum absolute atomic E-state index is 5.99. The van der Waals surface area contributed by atoms with Gasteiger partial charge in [0.05, 0.1) is 34.7 Å². The topological polar surface area (TPSA) is 119 Å². The summed E-state index contributed by atoms with van der Waals surface area (Å²) >= 11 is 0. The van der Waals surface area contributed by atoms with Gasteiger partial charge < -0.3 is 15.6 Å². The summed E-state index contributed by atoms with van der Waals surface area (Å²) in [6, 6.07) is 6.57. The lowest BCUT2D eigenvalue weighted by atomic mass is 9.80. The summed E-state index contributed by atoms with van der Waals surface area (Å²) in [5.74, 6) is 6.19. The highest BCUT2D eigenvalue weighted by molar-refractivity contribution is 5.96.